The summed E-state index contributed by atoms with van der Waals surface area (Å²) in [7, 11) is 0. The van der Waals surface area contributed by atoms with E-state index in [0.29, 0.717) is 0 Å². The second-order valence-electron chi connectivity index (χ2n) is 3.48. The zero-order valence-corrected chi connectivity index (χ0v) is 8.53. The highest BCUT2D eigenvalue weighted by Gasteiger charge is 2.10. The SMILES string of the molecule is CC(N)Cc1ccc2c(c1)NCS2. The first-order chi connectivity index (χ1) is 6.25. The second kappa shape index (κ2) is 3.60. The second-order valence-corrected chi connectivity index (χ2v) is 4.49. The van der Waals surface area contributed by atoms with Gasteiger partial charge < -0.3 is 11.1 Å². The number of nitrogens with two attached hydrogens (primary N) is 1. The fourth-order valence-electron chi connectivity index (χ4n) is 1.53. The Morgan fingerprint density at radius 3 is 3.23 bits per heavy atom. The molecule has 0 fully saturated rings. The molecule has 2 rings (SSSR count). The van der Waals surface area contributed by atoms with Crippen LogP contribution >= 0.6 is 11.8 Å². The lowest BCUT2D eigenvalue weighted by Gasteiger charge is -2.06. The Morgan fingerprint density at radius 1 is 1.62 bits per heavy atom. The van der Waals surface area contributed by atoms with Crippen LogP contribution in [0.15, 0.2) is 23.1 Å². The zero-order chi connectivity index (χ0) is 9.26. The Labute approximate surface area is 82.9 Å². The molecule has 0 saturated carbocycles. The van der Waals surface area contributed by atoms with Crippen LogP contribution in [0.1, 0.15) is 12.5 Å². The predicted molar refractivity (Wildman–Crippen MR) is 58.1 cm³/mol. The van der Waals surface area contributed by atoms with E-state index in [2.05, 4.69) is 23.5 Å². The molecular weight excluding hydrogens is 180 g/mol. The van der Waals surface area contributed by atoms with Gasteiger partial charge in [0, 0.05) is 16.6 Å². The van der Waals surface area contributed by atoms with Crippen molar-refractivity contribution in [1.29, 1.82) is 0 Å². The Hall–Kier alpha value is -0.670. The van der Waals surface area contributed by atoms with Gasteiger partial charge in [0.1, 0.15) is 0 Å². The smallest absolute Gasteiger partial charge is 0.0658 e. The van der Waals surface area contributed by atoms with Gasteiger partial charge in [-0.25, -0.2) is 0 Å². The van der Waals surface area contributed by atoms with Gasteiger partial charge in [-0.05, 0) is 31.0 Å². The van der Waals surface area contributed by atoms with E-state index in [9.17, 15) is 0 Å². The van der Waals surface area contributed by atoms with Gasteiger partial charge in [-0.2, -0.15) is 0 Å². The van der Waals surface area contributed by atoms with E-state index in [1.54, 1.807) is 0 Å². The molecule has 0 bridgehead atoms. The molecular formula is C10H14N2S. The molecule has 1 atom stereocenters. The monoisotopic (exact) mass is 194 g/mol. The van der Waals surface area contributed by atoms with Gasteiger partial charge in [0.2, 0.25) is 0 Å². The van der Waals surface area contributed by atoms with Crippen molar-refractivity contribution in [2.24, 2.45) is 5.73 Å². The molecule has 1 aromatic carbocycles. The van der Waals surface area contributed by atoms with Gasteiger partial charge >= 0.3 is 0 Å². The van der Waals surface area contributed by atoms with Crippen molar-refractivity contribution in [1.82, 2.24) is 0 Å². The molecule has 2 nitrogen and oxygen atoms in total. The first kappa shape index (κ1) is 8.91. The number of anilines is 1. The minimum Gasteiger partial charge on any atom is -0.375 e. The maximum atomic E-state index is 5.74. The first-order valence-corrected chi connectivity index (χ1v) is 5.49. The highest BCUT2D eigenvalue weighted by Crippen LogP contribution is 2.34. The highest BCUT2D eigenvalue weighted by atomic mass is 32.2. The highest BCUT2D eigenvalue weighted by molar-refractivity contribution is 7.99. The van der Waals surface area contributed by atoms with Crippen molar-refractivity contribution >= 4 is 17.4 Å². The Bertz CT molecular complexity index is 310. The van der Waals surface area contributed by atoms with Crippen LogP contribution in [0.2, 0.25) is 0 Å². The molecule has 70 valence electrons. The van der Waals surface area contributed by atoms with Gasteiger partial charge in [0.25, 0.3) is 0 Å². The molecule has 13 heavy (non-hydrogen) atoms. The average molecular weight is 194 g/mol. The molecule has 0 spiro atoms. The molecule has 1 unspecified atom stereocenters. The fourth-order valence-corrected chi connectivity index (χ4v) is 2.37. The van der Waals surface area contributed by atoms with E-state index in [-0.39, 0.29) is 6.04 Å². The molecule has 0 saturated heterocycles. The van der Waals surface area contributed by atoms with Crippen LogP contribution in [0.25, 0.3) is 0 Å². The normalized spacial score (nSPS) is 16.5. The Kier molecular flexibility index (Phi) is 2.47. The molecule has 3 N–H and O–H groups in total. The van der Waals surface area contributed by atoms with Crippen LogP contribution in [0.3, 0.4) is 0 Å². The summed E-state index contributed by atoms with van der Waals surface area (Å²) in [5.74, 6) is 0.997. The summed E-state index contributed by atoms with van der Waals surface area (Å²) in [6.45, 7) is 2.04. The third kappa shape index (κ3) is 1.98. The van der Waals surface area contributed by atoms with Crippen LogP contribution < -0.4 is 11.1 Å². The van der Waals surface area contributed by atoms with Gasteiger partial charge in [0.05, 0.1) is 5.88 Å². The Balaban J connectivity index is 2.21. The van der Waals surface area contributed by atoms with E-state index in [4.69, 9.17) is 5.73 Å². The largest absolute Gasteiger partial charge is 0.375 e. The van der Waals surface area contributed by atoms with Gasteiger partial charge in [0.15, 0.2) is 0 Å². The van der Waals surface area contributed by atoms with E-state index in [1.807, 2.05) is 18.7 Å². The van der Waals surface area contributed by atoms with Crippen molar-refractivity contribution in [3.63, 3.8) is 0 Å². The summed E-state index contributed by atoms with van der Waals surface area (Å²) < 4.78 is 0. The lowest BCUT2D eigenvalue weighted by Crippen LogP contribution is -2.17. The Morgan fingerprint density at radius 2 is 2.46 bits per heavy atom. The molecule has 0 radical (unpaired) electrons. The van der Waals surface area contributed by atoms with Crippen LogP contribution in [-0.2, 0) is 6.42 Å². The number of hydrogen-bond donors (Lipinski definition) is 2. The minimum atomic E-state index is 0.243. The number of hydrogen-bond acceptors (Lipinski definition) is 3. The topological polar surface area (TPSA) is 38.0 Å². The fraction of sp³-hybridized carbons (Fsp3) is 0.400. The summed E-state index contributed by atoms with van der Waals surface area (Å²) in [5.41, 5.74) is 8.33. The van der Waals surface area contributed by atoms with Crippen LogP contribution in [0, 0.1) is 0 Å². The molecule has 0 aromatic heterocycles. The van der Waals surface area contributed by atoms with Crippen LogP contribution in [-0.4, -0.2) is 11.9 Å². The van der Waals surface area contributed by atoms with E-state index < -0.39 is 0 Å². The van der Waals surface area contributed by atoms with E-state index in [1.165, 1.54) is 16.1 Å². The predicted octanol–water partition coefficient (Wildman–Crippen LogP) is 2.05. The average Bonchev–Trinajstić information content (AvgIpc) is 2.49. The molecule has 0 amide bonds. The molecule has 3 heteroatoms. The van der Waals surface area contributed by atoms with E-state index >= 15 is 0 Å². The third-order valence-electron chi connectivity index (χ3n) is 2.09. The number of fused-ring (bicyclic) bond motifs is 1. The summed E-state index contributed by atoms with van der Waals surface area (Å²) in [5, 5.41) is 3.34. The van der Waals surface area contributed by atoms with Crippen molar-refractivity contribution in [3.8, 4) is 0 Å². The summed E-state index contributed by atoms with van der Waals surface area (Å²) >= 11 is 1.85. The van der Waals surface area contributed by atoms with E-state index in [0.717, 1.165) is 12.3 Å². The van der Waals surface area contributed by atoms with Crippen molar-refractivity contribution in [3.05, 3.63) is 23.8 Å². The lowest BCUT2D eigenvalue weighted by molar-refractivity contribution is 0.738. The molecule has 1 aliphatic rings. The standard InChI is InChI=1S/C10H14N2S/c1-7(11)4-8-2-3-10-9(5-8)12-6-13-10/h2-3,5,7,12H,4,6,11H2,1H3. The number of rotatable bonds is 2. The quantitative estimate of drug-likeness (QED) is 0.756. The first-order valence-electron chi connectivity index (χ1n) is 4.51. The summed E-state index contributed by atoms with van der Waals surface area (Å²) in [6.07, 6.45) is 0.958. The summed E-state index contributed by atoms with van der Waals surface area (Å²) in [6, 6.07) is 6.80. The van der Waals surface area contributed by atoms with Crippen LogP contribution in [0.4, 0.5) is 5.69 Å². The lowest BCUT2D eigenvalue weighted by atomic mass is 10.1. The minimum absolute atomic E-state index is 0.243. The molecule has 1 aromatic rings. The third-order valence-corrected chi connectivity index (χ3v) is 3.05. The summed E-state index contributed by atoms with van der Waals surface area (Å²) in [4.78, 5) is 1.36. The zero-order valence-electron chi connectivity index (χ0n) is 7.71. The van der Waals surface area contributed by atoms with Crippen LogP contribution in [0.5, 0.6) is 0 Å². The maximum absolute atomic E-state index is 5.74. The van der Waals surface area contributed by atoms with Crippen molar-refractivity contribution < 1.29 is 0 Å². The molecule has 1 heterocycles. The number of nitrogens with one attached hydrogen (secondary N) is 1. The van der Waals surface area contributed by atoms with Gasteiger partial charge in [-0.1, -0.05) is 6.07 Å². The number of thioether (sulfide) groups is 1. The molecule has 1 aliphatic heterocycles. The van der Waals surface area contributed by atoms with Gasteiger partial charge in [-0.3, -0.25) is 0 Å². The van der Waals surface area contributed by atoms with Crippen molar-refractivity contribution in [2.45, 2.75) is 24.3 Å². The number of benzene rings is 1. The maximum Gasteiger partial charge on any atom is 0.0658 e. The van der Waals surface area contributed by atoms with Gasteiger partial charge in [-0.15, -0.1) is 11.8 Å². The molecule has 0 aliphatic carbocycles. The van der Waals surface area contributed by atoms with Crippen molar-refractivity contribution in [2.75, 3.05) is 11.2 Å².